The standard InChI is InChI=1S/C20H25N3O/c1-2-3-11-24-17-8-6-7-15(13-17)12-16(14-21)20-22-18-9-4-5-10-19(18)23-20/h4-10,13,16H,2-3,11-12,14,21H2,1H3,(H,22,23). The molecule has 1 unspecified atom stereocenters. The van der Waals surface area contributed by atoms with Crippen molar-refractivity contribution in [3.8, 4) is 5.75 Å². The third-order valence-electron chi connectivity index (χ3n) is 4.23. The summed E-state index contributed by atoms with van der Waals surface area (Å²) in [6.45, 7) is 3.49. The van der Waals surface area contributed by atoms with Crippen LogP contribution in [0.3, 0.4) is 0 Å². The van der Waals surface area contributed by atoms with Crippen molar-refractivity contribution in [2.75, 3.05) is 13.2 Å². The molecular formula is C20H25N3O. The fraction of sp³-hybridized carbons (Fsp3) is 0.350. The van der Waals surface area contributed by atoms with Gasteiger partial charge in [0.2, 0.25) is 0 Å². The van der Waals surface area contributed by atoms with Gasteiger partial charge < -0.3 is 15.5 Å². The molecule has 3 N–H and O–H groups in total. The van der Waals surface area contributed by atoms with Crippen LogP contribution in [0.5, 0.6) is 5.75 Å². The number of aromatic nitrogens is 2. The van der Waals surface area contributed by atoms with Crippen LogP contribution in [-0.2, 0) is 6.42 Å². The quantitative estimate of drug-likeness (QED) is 0.615. The Hall–Kier alpha value is -2.33. The lowest BCUT2D eigenvalue weighted by Gasteiger charge is -2.13. The Labute approximate surface area is 143 Å². The van der Waals surface area contributed by atoms with Gasteiger partial charge >= 0.3 is 0 Å². The molecule has 0 saturated heterocycles. The Kier molecular flexibility index (Phi) is 5.49. The highest BCUT2D eigenvalue weighted by molar-refractivity contribution is 5.74. The fourth-order valence-corrected chi connectivity index (χ4v) is 2.84. The molecule has 4 nitrogen and oxygen atoms in total. The SMILES string of the molecule is CCCCOc1cccc(CC(CN)c2nc3ccccc3[nH]2)c1. The highest BCUT2D eigenvalue weighted by Crippen LogP contribution is 2.23. The summed E-state index contributed by atoms with van der Waals surface area (Å²) in [6, 6.07) is 16.4. The van der Waals surface area contributed by atoms with E-state index in [9.17, 15) is 0 Å². The molecule has 0 bridgehead atoms. The predicted molar refractivity (Wildman–Crippen MR) is 98.4 cm³/mol. The molecule has 1 heterocycles. The number of rotatable bonds is 8. The average molecular weight is 323 g/mol. The lowest BCUT2D eigenvalue weighted by Crippen LogP contribution is -2.16. The minimum atomic E-state index is 0.170. The van der Waals surface area contributed by atoms with Gasteiger partial charge in [-0.25, -0.2) is 4.98 Å². The number of aromatic amines is 1. The number of para-hydroxylation sites is 2. The molecule has 1 atom stereocenters. The van der Waals surface area contributed by atoms with Crippen LogP contribution in [0.2, 0.25) is 0 Å². The third kappa shape index (κ3) is 3.95. The van der Waals surface area contributed by atoms with E-state index in [0.717, 1.165) is 48.5 Å². The molecule has 4 heteroatoms. The highest BCUT2D eigenvalue weighted by Gasteiger charge is 2.15. The Morgan fingerprint density at radius 2 is 2.04 bits per heavy atom. The van der Waals surface area contributed by atoms with Crippen LogP contribution in [0.1, 0.15) is 37.1 Å². The summed E-state index contributed by atoms with van der Waals surface area (Å²) < 4.78 is 5.80. The first-order valence-electron chi connectivity index (χ1n) is 8.66. The molecule has 0 spiro atoms. The number of nitrogens with one attached hydrogen (secondary N) is 1. The van der Waals surface area contributed by atoms with Crippen molar-refractivity contribution in [2.24, 2.45) is 5.73 Å². The Balaban J connectivity index is 1.74. The zero-order valence-corrected chi connectivity index (χ0v) is 14.2. The smallest absolute Gasteiger partial charge is 0.119 e. The van der Waals surface area contributed by atoms with Crippen molar-refractivity contribution in [3.05, 3.63) is 59.9 Å². The second-order valence-corrected chi connectivity index (χ2v) is 6.13. The maximum atomic E-state index is 6.02. The van der Waals surface area contributed by atoms with Gasteiger partial charge in [-0.15, -0.1) is 0 Å². The van der Waals surface area contributed by atoms with Gasteiger partial charge in [-0.05, 0) is 42.7 Å². The number of ether oxygens (including phenoxy) is 1. The van der Waals surface area contributed by atoms with Crippen molar-refractivity contribution in [3.63, 3.8) is 0 Å². The van der Waals surface area contributed by atoms with Crippen molar-refractivity contribution in [1.29, 1.82) is 0 Å². The van der Waals surface area contributed by atoms with E-state index in [1.165, 1.54) is 5.56 Å². The third-order valence-corrected chi connectivity index (χ3v) is 4.23. The molecule has 0 aliphatic rings. The molecule has 3 rings (SSSR count). The van der Waals surface area contributed by atoms with E-state index in [-0.39, 0.29) is 5.92 Å². The first-order valence-corrected chi connectivity index (χ1v) is 8.66. The summed E-state index contributed by atoms with van der Waals surface area (Å²) in [7, 11) is 0. The average Bonchev–Trinajstić information content (AvgIpc) is 3.04. The van der Waals surface area contributed by atoms with Gasteiger partial charge in [0.25, 0.3) is 0 Å². The largest absolute Gasteiger partial charge is 0.494 e. The summed E-state index contributed by atoms with van der Waals surface area (Å²) in [4.78, 5) is 8.10. The monoisotopic (exact) mass is 323 g/mol. The summed E-state index contributed by atoms with van der Waals surface area (Å²) in [5, 5.41) is 0. The fourth-order valence-electron chi connectivity index (χ4n) is 2.84. The molecule has 2 aromatic carbocycles. The molecule has 1 aromatic heterocycles. The van der Waals surface area contributed by atoms with Gasteiger partial charge in [-0.2, -0.15) is 0 Å². The maximum Gasteiger partial charge on any atom is 0.119 e. The van der Waals surface area contributed by atoms with Crippen molar-refractivity contribution in [1.82, 2.24) is 9.97 Å². The number of H-pyrrole nitrogens is 1. The van der Waals surface area contributed by atoms with E-state index < -0.39 is 0 Å². The number of nitrogens with zero attached hydrogens (tertiary/aromatic N) is 1. The van der Waals surface area contributed by atoms with E-state index in [0.29, 0.717) is 6.54 Å². The summed E-state index contributed by atoms with van der Waals surface area (Å²) >= 11 is 0. The van der Waals surface area contributed by atoms with E-state index >= 15 is 0 Å². The predicted octanol–water partition coefficient (Wildman–Crippen LogP) is 4.03. The van der Waals surface area contributed by atoms with E-state index in [1.54, 1.807) is 0 Å². The number of hydrogen-bond donors (Lipinski definition) is 2. The first-order chi connectivity index (χ1) is 11.8. The van der Waals surface area contributed by atoms with E-state index in [1.807, 2.05) is 36.4 Å². The van der Waals surface area contributed by atoms with Gasteiger partial charge in [0.05, 0.1) is 17.6 Å². The lowest BCUT2D eigenvalue weighted by molar-refractivity contribution is 0.309. The molecule has 24 heavy (non-hydrogen) atoms. The number of nitrogens with two attached hydrogens (primary N) is 1. The number of fused-ring (bicyclic) bond motifs is 1. The van der Waals surface area contributed by atoms with Crippen LogP contribution < -0.4 is 10.5 Å². The van der Waals surface area contributed by atoms with Gasteiger partial charge in [0.1, 0.15) is 11.6 Å². The van der Waals surface area contributed by atoms with Gasteiger partial charge in [0.15, 0.2) is 0 Å². The highest BCUT2D eigenvalue weighted by atomic mass is 16.5. The Bertz CT molecular complexity index is 748. The van der Waals surface area contributed by atoms with Crippen LogP contribution in [0.4, 0.5) is 0 Å². The summed E-state index contributed by atoms with van der Waals surface area (Å²) in [5.41, 5.74) is 9.29. The van der Waals surface area contributed by atoms with Crippen molar-refractivity contribution < 1.29 is 4.74 Å². The molecule has 0 aliphatic carbocycles. The van der Waals surface area contributed by atoms with Crippen molar-refractivity contribution >= 4 is 11.0 Å². The molecule has 0 radical (unpaired) electrons. The van der Waals surface area contributed by atoms with Gasteiger partial charge in [-0.3, -0.25) is 0 Å². The molecular weight excluding hydrogens is 298 g/mol. The maximum absolute atomic E-state index is 6.02. The molecule has 0 aliphatic heterocycles. The Morgan fingerprint density at radius 3 is 2.83 bits per heavy atom. The summed E-state index contributed by atoms with van der Waals surface area (Å²) in [6.07, 6.45) is 3.07. The van der Waals surface area contributed by atoms with Crippen LogP contribution in [0.25, 0.3) is 11.0 Å². The minimum absolute atomic E-state index is 0.170. The number of hydrogen-bond acceptors (Lipinski definition) is 3. The second kappa shape index (κ2) is 7.97. The molecule has 0 fully saturated rings. The van der Waals surface area contributed by atoms with Crippen LogP contribution >= 0.6 is 0 Å². The number of benzene rings is 2. The molecule has 126 valence electrons. The van der Waals surface area contributed by atoms with Crippen LogP contribution in [0.15, 0.2) is 48.5 Å². The molecule has 0 amide bonds. The second-order valence-electron chi connectivity index (χ2n) is 6.13. The van der Waals surface area contributed by atoms with E-state index in [2.05, 4.69) is 24.0 Å². The lowest BCUT2D eigenvalue weighted by atomic mass is 9.98. The Morgan fingerprint density at radius 1 is 1.17 bits per heavy atom. The van der Waals surface area contributed by atoms with Crippen LogP contribution in [0, 0.1) is 0 Å². The zero-order valence-electron chi connectivity index (χ0n) is 14.2. The number of imidazole rings is 1. The van der Waals surface area contributed by atoms with E-state index in [4.69, 9.17) is 15.5 Å². The number of unbranched alkanes of at least 4 members (excludes halogenated alkanes) is 1. The van der Waals surface area contributed by atoms with Gasteiger partial charge in [-0.1, -0.05) is 37.6 Å². The normalized spacial score (nSPS) is 12.4. The summed E-state index contributed by atoms with van der Waals surface area (Å²) in [5.74, 6) is 2.06. The first kappa shape index (κ1) is 16.5. The van der Waals surface area contributed by atoms with Crippen molar-refractivity contribution in [2.45, 2.75) is 32.1 Å². The van der Waals surface area contributed by atoms with Crippen LogP contribution in [-0.4, -0.2) is 23.1 Å². The van der Waals surface area contributed by atoms with Gasteiger partial charge in [0, 0.05) is 12.5 Å². The minimum Gasteiger partial charge on any atom is -0.494 e. The topological polar surface area (TPSA) is 63.9 Å². The molecule has 0 saturated carbocycles. The molecule has 3 aromatic rings. The zero-order chi connectivity index (χ0) is 16.8.